The molecule has 0 radical (unpaired) electrons. The molecule has 3 rings (SSSR count). The maximum atomic E-state index is 12.3. The van der Waals surface area contributed by atoms with Gasteiger partial charge in [0, 0.05) is 28.0 Å². The topological polar surface area (TPSA) is 92.1 Å². The summed E-state index contributed by atoms with van der Waals surface area (Å²) in [5.41, 5.74) is 9.46. The van der Waals surface area contributed by atoms with Crippen LogP contribution in [0.5, 0.6) is 0 Å². The molecule has 6 heteroatoms. The summed E-state index contributed by atoms with van der Waals surface area (Å²) < 4.78 is 5.45. The second kappa shape index (κ2) is 4.26. The van der Waals surface area contributed by atoms with Crippen molar-refractivity contribution in [3.05, 3.63) is 57.2 Å². The third kappa shape index (κ3) is 1.70. The Morgan fingerprint density at radius 3 is 2.63 bits per heavy atom. The number of Topliss-reactive ketones (excluding diaryl/α,β-unsaturated/α-hetero) is 2. The van der Waals surface area contributed by atoms with E-state index >= 15 is 0 Å². The van der Waals surface area contributed by atoms with Gasteiger partial charge in [-0.25, -0.2) is 0 Å². The average molecular weight is 255 g/mol. The first-order chi connectivity index (χ1) is 9.22. The fourth-order valence-electron chi connectivity index (χ4n) is 2.38. The summed E-state index contributed by atoms with van der Waals surface area (Å²) in [6, 6.07) is 6.69. The van der Waals surface area contributed by atoms with E-state index in [1.54, 1.807) is 24.3 Å². The number of hydrogen-bond acceptors (Lipinski definition) is 4. The van der Waals surface area contributed by atoms with Crippen molar-refractivity contribution in [1.29, 1.82) is 0 Å². The molecule has 0 spiro atoms. The van der Waals surface area contributed by atoms with E-state index in [0.29, 0.717) is 23.1 Å². The number of fused-ring (bicyclic) bond motifs is 1. The lowest BCUT2D eigenvalue weighted by atomic mass is 9.87. The highest BCUT2D eigenvalue weighted by atomic mass is 16.5. The van der Waals surface area contributed by atoms with Gasteiger partial charge in [-0.05, 0) is 5.53 Å². The predicted octanol–water partition coefficient (Wildman–Crippen LogP) is 2.42. The lowest BCUT2D eigenvalue weighted by molar-refractivity contribution is 0.0850. The minimum absolute atomic E-state index is 0.112. The number of ketones is 2. The first kappa shape index (κ1) is 11.5. The summed E-state index contributed by atoms with van der Waals surface area (Å²) in [5.74, 6) is -0.330. The third-order valence-electron chi connectivity index (χ3n) is 3.24. The van der Waals surface area contributed by atoms with Crippen LogP contribution < -0.4 is 0 Å². The van der Waals surface area contributed by atoms with Gasteiger partial charge in [0.15, 0.2) is 11.5 Å². The molecule has 0 bridgehead atoms. The quantitative estimate of drug-likeness (QED) is 0.461. The van der Waals surface area contributed by atoms with Crippen molar-refractivity contribution >= 4 is 11.6 Å². The van der Waals surface area contributed by atoms with Crippen LogP contribution in [-0.4, -0.2) is 24.2 Å². The zero-order chi connectivity index (χ0) is 13.4. The van der Waals surface area contributed by atoms with Gasteiger partial charge in [-0.15, -0.1) is 0 Å². The minimum Gasteiger partial charge on any atom is -0.485 e. The van der Waals surface area contributed by atoms with Crippen LogP contribution in [0.3, 0.4) is 0 Å². The normalized spacial score (nSPS) is 20.5. The molecule has 0 fully saturated rings. The fourth-order valence-corrected chi connectivity index (χ4v) is 2.38. The number of azide groups is 1. The van der Waals surface area contributed by atoms with Crippen molar-refractivity contribution in [2.75, 3.05) is 6.54 Å². The molecule has 1 aliphatic carbocycles. The van der Waals surface area contributed by atoms with E-state index in [9.17, 15) is 9.59 Å². The van der Waals surface area contributed by atoms with E-state index in [1.165, 1.54) is 0 Å². The molecule has 1 atom stereocenters. The third-order valence-corrected chi connectivity index (χ3v) is 3.24. The molecule has 0 amide bonds. The van der Waals surface area contributed by atoms with Gasteiger partial charge in [-0.1, -0.05) is 29.4 Å². The maximum absolute atomic E-state index is 12.3. The molecule has 0 aromatic heterocycles. The van der Waals surface area contributed by atoms with Gasteiger partial charge in [0.2, 0.25) is 5.78 Å². The van der Waals surface area contributed by atoms with Crippen LogP contribution in [0, 0.1) is 0 Å². The van der Waals surface area contributed by atoms with Crippen LogP contribution in [0.1, 0.15) is 27.1 Å². The summed E-state index contributed by atoms with van der Waals surface area (Å²) in [6.07, 6.45) is -0.115. The Balaban J connectivity index is 1.97. The first-order valence-electron chi connectivity index (χ1n) is 5.81. The van der Waals surface area contributed by atoms with Crippen LogP contribution in [0.15, 0.2) is 40.7 Å². The summed E-state index contributed by atoms with van der Waals surface area (Å²) in [7, 11) is 0. The van der Waals surface area contributed by atoms with Gasteiger partial charge >= 0.3 is 0 Å². The molecule has 1 unspecified atom stereocenters. The molecule has 1 heterocycles. The Hall–Kier alpha value is -2.59. The van der Waals surface area contributed by atoms with Gasteiger partial charge < -0.3 is 4.74 Å². The summed E-state index contributed by atoms with van der Waals surface area (Å²) >= 11 is 0. The van der Waals surface area contributed by atoms with Crippen molar-refractivity contribution in [1.82, 2.24) is 0 Å². The van der Waals surface area contributed by atoms with E-state index in [2.05, 4.69) is 10.0 Å². The highest BCUT2D eigenvalue weighted by molar-refractivity contribution is 6.26. The van der Waals surface area contributed by atoms with Crippen molar-refractivity contribution < 1.29 is 14.3 Å². The van der Waals surface area contributed by atoms with E-state index in [4.69, 9.17) is 10.3 Å². The maximum Gasteiger partial charge on any atom is 0.228 e. The van der Waals surface area contributed by atoms with Gasteiger partial charge in [-0.2, -0.15) is 0 Å². The van der Waals surface area contributed by atoms with Gasteiger partial charge in [0.05, 0.1) is 6.54 Å². The molecular weight excluding hydrogens is 246 g/mol. The second-order valence-corrected chi connectivity index (χ2v) is 4.37. The van der Waals surface area contributed by atoms with Crippen molar-refractivity contribution in [3.63, 3.8) is 0 Å². The Morgan fingerprint density at radius 1 is 1.26 bits per heavy atom. The zero-order valence-corrected chi connectivity index (χ0v) is 9.87. The van der Waals surface area contributed by atoms with Gasteiger partial charge in [0.25, 0.3) is 0 Å². The number of rotatable bonds is 2. The summed E-state index contributed by atoms with van der Waals surface area (Å²) in [6.45, 7) is 0.112. The summed E-state index contributed by atoms with van der Waals surface area (Å²) in [5, 5.41) is 3.42. The van der Waals surface area contributed by atoms with E-state index in [0.717, 1.165) is 0 Å². The zero-order valence-electron chi connectivity index (χ0n) is 9.87. The lowest BCUT2D eigenvalue weighted by Gasteiger charge is -2.14. The molecule has 19 heavy (non-hydrogen) atoms. The Bertz CT molecular complexity index is 624. The molecule has 0 N–H and O–H groups in total. The van der Waals surface area contributed by atoms with Crippen LogP contribution in [0.2, 0.25) is 0 Å². The minimum atomic E-state index is -0.428. The second-order valence-electron chi connectivity index (χ2n) is 4.37. The smallest absolute Gasteiger partial charge is 0.228 e. The predicted molar refractivity (Wildman–Crippen MR) is 65.6 cm³/mol. The number of benzene rings is 1. The Kier molecular flexibility index (Phi) is 2.58. The SMILES string of the molecule is [N-]=[N+]=NCC1CC2=C(O1)C(=O)c1ccccc1C2=O. The molecular formula is C13H9N3O3. The van der Waals surface area contributed by atoms with Crippen molar-refractivity contribution in [2.45, 2.75) is 12.5 Å². The van der Waals surface area contributed by atoms with Crippen molar-refractivity contribution in [3.8, 4) is 0 Å². The van der Waals surface area contributed by atoms with Crippen LogP contribution in [-0.2, 0) is 4.74 Å². The van der Waals surface area contributed by atoms with E-state index in [-0.39, 0.29) is 23.9 Å². The number of hydrogen-bond donors (Lipinski definition) is 0. The average Bonchev–Trinajstić information content (AvgIpc) is 2.87. The number of allylic oxidation sites excluding steroid dienone is 1. The van der Waals surface area contributed by atoms with Crippen molar-refractivity contribution in [2.24, 2.45) is 5.11 Å². The van der Waals surface area contributed by atoms with Crippen LogP contribution in [0.4, 0.5) is 0 Å². The number of nitrogens with zero attached hydrogens (tertiary/aromatic N) is 3. The molecule has 1 aromatic rings. The van der Waals surface area contributed by atoms with E-state index < -0.39 is 6.10 Å². The highest BCUT2D eigenvalue weighted by Gasteiger charge is 2.39. The number of ether oxygens (including phenoxy) is 1. The monoisotopic (exact) mass is 255 g/mol. The van der Waals surface area contributed by atoms with Crippen LogP contribution >= 0.6 is 0 Å². The molecule has 0 saturated heterocycles. The number of carbonyl (C=O) groups excluding carboxylic acids is 2. The Labute approximate surface area is 108 Å². The number of carbonyl (C=O) groups is 2. The highest BCUT2D eigenvalue weighted by Crippen LogP contribution is 2.35. The Morgan fingerprint density at radius 2 is 1.95 bits per heavy atom. The molecule has 94 valence electrons. The molecule has 6 nitrogen and oxygen atoms in total. The largest absolute Gasteiger partial charge is 0.485 e. The molecule has 1 aliphatic heterocycles. The first-order valence-corrected chi connectivity index (χ1v) is 5.81. The van der Waals surface area contributed by atoms with Gasteiger partial charge in [0.1, 0.15) is 6.10 Å². The molecule has 1 aromatic carbocycles. The lowest BCUT2D eigenvalue weighted by Crippen LogP contribution is -2.19. The van der Waals surface area contributed by atoms with E-state index in [1.807, 2.05) is 0 Å². The fraction of sp³-hybridized carbons (Fsp3) is 0.231. The molecule has 2 aliphatic rings. The standard InChI is InChI=1S/C13H9N3O3/c14-16-15-6-7-5-10-11(17)8-3-1-2-4-9(8)12(18)13(10)19-7/h1-4,7H,5-6H2. The van der Waals surface area contributed by atoms with Crippen LogP contribution in [0.25, 0.3) is 10.4 Å². The molecule has 0 saturated carbocycles. The summed E-state index contributed by atoms with van der Waals surface area (Å²) in [4.78, 5) is 27.1. The van der Waals surface area contributed by atoms with Gasteiger partial charge in [-0.3, -0.25) is 9.59 Å².